The molecule has 0 aliphatic heterocycles. The number of para-hydroxylation sites is 1. The van der Waals surface area contributed by atoms with Gasteiger partial charge in [-0.2, -0.15) is 0 Å². The molecular weight excluding hydrogens is 336 g/mol. The molecule has 0 saturated heterocycles. The maximum absolute atomic E-state index is 13.9. The summed E-state index contributed by atoms with van der Waals surface area (Å²) in [7, 11) is 1.93. The van der Waals surface area contributed by atoms with E-state index in [1.807, 2.05) is 31.9 Å². The molecule has 0 saturated carbocycles. The predicted molar refractivity (Wildman–Crippen MR) is 97.3 cm³/mol. The van der Waals surface area contributed by atoms with Gasteiger partial charge in [0.2, 0.25) is 0 Å². The largest absolute Gasteiger partial charge is 0.366 e. The summed E-state index contributed by atoms with van der Waals surface area (Å²) < 4.78 is 13.9. The van der Waals surface area contributed by atoms with Crippen molar-refractivity contribution in [1.29, 1.82) is 0 Å². The second-order valence-corrected chi connectivity index (χ2v) is 5.97. The number of halogens is 3. The Kier molecular flexibility index (Phi) is 5.85. The Morgan fingerprint density at radius 1 is 1.26 bits per heavy atom. The monoisotopic (exact) mass is 353 g/mol. The summed E-state index contributed by atoms with van der Waals surface area (Å²) in [6.07, 6.45) is 1.72. The van der Waals surface area contributed by atoms with E-state index in [1.165, 1.54) is 6.07 Å². The molecule has 0 fully saturated rings. The topological polar surface area (TPSA) is 27.6 Å². The molecule has 2 rings (SSSR count). The van der Waals surface area contributed by atoms with Gasteiger partial charge in [-0.25, -0.2) is 9.38 Å². The molecule has 0 amide bonds. The van der Waals surface area contributed by atoms with Crippen LogP contribution < -0.4 is 5.32 Å². The Balaban J connectivity index is 2.32. The van der Waals surface area contributed by atoms with Gasteiger partial charge in [-0.05, 0) is 43.7 Å². The van der Waals surface area contributed by atoms with Gasteiger partial charge in [0.1, 0.15) is 5.82 Å². The van der Waals surface area contributed by atoms with Crippen LogP contribution in [0.1, 0.15) is 12.5 Å². The predicted octanol–water partition coefficient (Wildman–Crippen LogP) is 5.80. The lowest BCUT2D eigenvalue weighted by Crippen LogP contribution is -2.14. The highest BCUT2D eigenvalue weighted by Gasteiger charge is 2.10. The van der Waals surface area contributed by atoms with Crippen LogP contribution in [0.3, 0.4) is 0 Å². The molecule has 0 unspecified atom stereocenters. The first-order valence-electron chi connectivity index (χ1n) is 7.18. The van der Waals surface area contributed by atoms with Gasteiger partial charge in [-0.3, -0.25) is 0 Å². The average Bonchev–Trinajstić information content (AvgIpc) is 2.52. The van der Waals surface area contributed by atoms with Crippen LogP contribution >= 0.6 is 23.2 Å². The number of hydrogen-bond acceptors (Lipinski definition) is 2. The highest BCUT2D eigenvalue weighted by atomic mass is 35.5. The third kappa shape index (κ3) is 4.36. The standard InChI is InChI=1S/C17H18Cl2FN3/c1-4-23(3)10-21-16-8-11(2)15(9-13(16)19)22-17-12(18)6-5-7-14(17)20/h5-10,22H,4H2,1-3H3. The number of rotatable bonds is 5. The number of nitrogens with zero attached hydrogens (tertiary/aromatic N) is 2. The second kappa shape index (κ2) is 7.66. The number of anilines is 2. The zero-order chi connectivity index (χ0) is 17.0. The third-order valence-electron chi connectivity index (χ3n) is 3.41. The third-order valence-corrected chi connectivity index (χ3v) is 4.03. The maximum Gasteiger partial charge on any atom is 0.148 e. The summed E-state index contributed by atoms with van der Waals surface area (Å²) in [6.45, 7) is 4.78. The van der Waals surface area contributed by atoms with Gasteiger partial charge in [0.05, 0.1) is 27.8 Å². The summed E-state index contributed by atoms with van der Waals surface area (Å²) in [6, 6.07) is 8.11. The fraction of sp³-hybridized carbons (Fsp3) is 0.235. The summed E-state index contributed by atoms with van der Waals surface area (Å²) in [5.41, 5.74) is 2.47. The Morgan fingerprint density at radius 2 is 2.00 bits per heavy atom. The fourth-order valence-corrected chi connectivity index (χ4v) is 2.32. The number of nitrogens with one attached hydrogen (secondary N) is 1. The van der Waals surface area contributed by atoms with Gasteiger partial charge in [0, 0.05) is 19.3 Å². The van der Waals surface area contributed by atoms with Crippen LogP contribution in [0.2, 0.25) is 10.0 Å². The summed E-state index contributed by atoms with van der Waals surface area (Å²) in [4.78, 5) is 6.30. The van der Waals surface area contributed by atoms with E-state index in [4.69, 9.17) is 23.2 Å². The minimum absolute atomic E-state index is 0.232. The second-order valence-electron chi connectivity index (χ2n) is 5.16. The van der Waals surface area contributed by atoms with E-state index in [0.29, 0.717) is 21.4 Å². The molecule has 6 heteroatoms. The smallest absolute Gasteiger partial charge is 0.148 e. The Hall–Kier alpha value is -1.78. The minimum atomic E-state index is -0.417. The molecule has 0 aliphatic rings. The van der Waals surface area contributed by atoms with E-state index in [2.05, 4.69) is 10.3 Å². The molecule has 0 atom stereocenters. The quantitative estimate of drug-likeness (QED) is 0.543. The van der Waals surface area contributed by atoms with Crippen molar-refractivity contribution in [1.82, 2.24) is 4.90 Å². The lowest BCUT2D eigenvalue weighted by Gasteiger charge is -2.14. The summed E-state index contributed by atoms with van der Waals surface area (Å²) >= 11 is 12.3. The number of hydrogen-bond donors (Lipinski definition) is 1. The molecule has 0 radical (unpaired) electrons. The molecule has 2 aromatic carbocycles. The summed E-state index contributed by atoms with van der Waals surface area (Å²) in [5.74, 6) is -0.417. The minimum Gasteiger partial charge on any atom is -0.366 e. The van der Waals surface area contributed by atoms with E-state index < -0.39 is 5.82 Å². The van der Waals surface area contributed by atoms with Crippen molar-refractivity contribution < 1.29 is 4.39 Å². The Labute approximate surface area is 145 Å². The van der Waals surface area contributed by atoms with Crippen molar-refractivity contribution in [3.05, 3.63) is 51.8 Å². The van der Waals surface area contributed by atoms with E-state index >= 15 is 0 Å². The lowest BCUT2D eigenvalue weighted by atomic mass is 10.1. The average molecular weight is 354 g/mol. The van der Waals surface area contributed by atoms with Gasteiger partial charge in [0.25, 0.3) is 0 Å². The molecule has 1 N–H and O–H groups in total. The van der Waals surface area contributed by atoms with Gasteiger partial charge in [-0.15, -0.1) is 0 Å². The molecule has 23 heavy (non-hydrogen) atoms. The lowest BCUT2D eigenvalue weighted by molar-refractivity contribution is 0.552. The molecule has 0 aromatic heterocycles. The Bertz CT molecular complexity index is 712. The molecule has 122 valence electrons. The molecule has 2 aromatic rings. The highest BCUT2D eigenvalue weighted by Crippen LogP contribution is 2.35. The van der Waals surface area contributed by atoms with E-state index in [1.54, 1.807) is 24.5 Å². The number of aryl methyl sites for hydroxylation is 1. The fourth-order valence-electron chi connectivity index (χ4n) is 1.89. The molecule has 0 bridgehead atoms. The van der Waals surface area contributed by atoms with Crippen LogP contribution in [-0.4, -0.2) is 24.8 Å². The number of benzene rings is 2. The van der Waals surface area contributed by atoms with Crippen molar-refractivity contribution in [3.8, 4) is 0 Å². The first-order chi connectivity index (χ1) is 10.9. The SMILES string of the molecule is CCN(C)C=Nc1cc(C)c(Nc2c(F)cccc2Cl)cc1Cl. The Morgan fingerprint density at radius 3 is 2.65 bits per heavy atom. The van der Waals surface area contributed by atoms with Gasteiger partial charge < -0.3 is 10.2 Å². The zero-order valence-electron chi connectivity index (χ0n) is 13.2. The molecule has 0 spiro atoms. The van der Waals surface area contributed by atoms with Crippen molar-refractivity contribution >= 4 is 46.6 Å². The van der Waals surface area contributed by atoms with Crippen LogP contribution in [-0.2, 0) is 0 Å². The van der Waals surface area contributed by atoms with Crippen molar-refractivity contribution in [2.75, 3.05) is 18.9 Å². The highest BCUT2D eigenvalue weighted by molar-refractivity contribution is 6.34. The zero-order valence-corrected chi connectivity index (χ0v) is 14.7. The number of aliphatic imine (C=N–C) groups is 1. The van der Waals surface area contributed by atoms with E-state index in [0.717, 1.165) is 12.1 Å². The van der Waals surface area contributed by atoms with E-state index in [-0.39, 0.29) is 5.69 Å². The van der Waals surface area contributed by atoms with Gasteiger partial charge in [0.15, 0.2) is 0 Å². The van der Waals surface area contributed by atoms with Crippen LogP contribution in [0.5, 0.6) is 0 Å². The first-order valence-corrected chi connectivity index (χ1v) is 7.93. The van der Waals surface area contributed by atoms with Crippen molar-refractivity contribution in [2.45, 2.75) is 13.8 Å². The van der Waals surface area contributed by atoms with Gasteiger partial charge >= 0.3 is 0 Å². The van der Waals surface area contributed by atoms with Crippen LogP contribution in [0.4, 0.5) is 21.5 Å². The van der Waals surface area contributed by atoms with Gasteiger partial charge in [-0.1, -0.05) is 29.3 Å². The molecule has 0 aliphatic carbocycles. The first kappa shape index (κ1) is 17.6. The summed E-state index contributed by atoms with van der Waals surface area (Å²) in [5, 5.41) is 3.79. The van der Waals surface area contributed by atoms with Crippen LogP contribution in [0.25, 0.3) is 0 Å². The van der Waals surface area contributed by atoms with Crippen LogP contribution in [0, 0.1) is 12.7 Å². The van der Waals surface area contributed by atoms with Crippen molar-refractivity contribution in [2.24, 2.45) is 4.99 Å². The molecular formula is C17H18Cl2FN3. The van der Waals surface area contributed by atoms with E-state index in [9.17, 15) is 4.39 Å². The molecule has 0 heterocycles. The van der Waals surface area contributed by atoms with Crippen LogP contribution in [0.15, 0.2) is 35.3 Å². The maximum atomic E-state index is 13.9. The normalized spacial score (nSPS) is 11.0. The molecule has 3 nitrogen and oxygen atoms in total. The van der Waals surface area contributed by atoms with Crippen molar-refractivity contribution in [3.63, 3.8) is 0 Å².